The zero-order valence-electron chi connectivity index (χ0n) is 16.7. The monoisotopic (exact) mass is 402 g/mol. The number of carbonyl (C=O) groups excluding carboxylic acids is 4. The largest absolute Gasteiger partial charge is 0.449 e. The van der Waals surface area contributed by atoms with E-state index in [-0.39, 0.29) is 30.5 Å². The first-order valence-corrected chi connectivity index (χ1v) is 9.78. The topological polar surface area (TPSA) is 99.3 Å². The van der Waals surface area contributed by atoms with Gasteiger partial charge in [0.15, 0.2) is 6.10 Å². The molecule has 4 amide bonds. The number of nitrogens with one attached hydrogen (secondary N) is 1. The van der Waals surface area contributed by atoms with Gasteiger partial charge in [-0.15, -0.1) is 0 Å². The molecule has 0 radical (unpaired) electrons. The van der Waals surface area contributed by atoms with E-state index in [9.17, 15) is 19.2 Å². The second-order valence-electron chi connectivity index (χ2n) is 7.15. The van der Waals surface area contributed by atoms with Gasteiger partial charge in [-0.3, -0.25) is 14.5 Å². The molecule has 156 valence electrons. The molecule has 1 N–H and O–H groups in total. The van der Waals surface area contributed by atoms with Crippen LogP contribution in [0.15, 0.2) is 24.3 Å². The molecule has 1 atom stereocenters. The fraction of sp³-hybridized carbons (Fsp3) is 0.500. The lowest BCUT2D eigenvalue weighted by atomic mass is 10.1. The van der Waals surface area contributed by atoms with Crippen molar-refractivity contribution >= 4 is 23.8 Å². The van der Waals surface area contributed by atoms with Crippen LogP contribution in [-0.2, 0) is 20.9 Å². The summed E-state index contributed by atoms with van der Waals surface area (Å²) in [5.41, 5.74) is 0.893. The number of urea groups is 1. The van der Waals surface area contributed by atoms with Crippen molar-refractivity contribution in [3.63, 3.8) is 0 Å². The number of esters is 1. The van der Waals surface area contributed by atoms with E-state index < -0.39 is 18.1 Å². The summed E-state index contributed by atoms with van der Waals surface area (Å²) in [5, 5.41) is 2.45. The minimum absolute atomic E-state index is 0.0211. The minimum atomic E-state index is -0.884. The van der Waals surface area contributed by atoms with Gasteiger partial charge in [0, 0.05) is 26.2 Å². The number of hydrogen-bond donors (Lipinski definition) is 1. The predicted molar refractivity (Wildman–Crippen MR) is 104 cm³/mol. The average Bonchev–Trinajstić information content (AvgIpc) is 3.05. The maximum absolute atomic E-state index is 12.6. The number of rotatable bonds is 6. The van der Waals surface area contributed by atoms with Gasteiger partial charge in [-0.05, 0) is 31.2 Å². The zero-order chi connectivity index (χ0) is 21.0. The summed E-state index contributed by atoms with van der Waals surface area (Å²) in [6.07, 6.45) is -0.884. The van der Waals surface area contributed by atoms with E-state index >= 15 is 0 Å². The van der Waals surface area contributed by atoms with Crippen LogP contribution in [0.4, 0.5) is 4.79 Å². The number of carbonyl (C=O) groups is 4. The molecule has 2 aliphatic heterocycles. The Hall–Kier alpha value is -2.94. The van der Waals surface area contributed by atoms with Gasteiger partial charge in [0.2, 0.25) is 5.91 Å². The van der Waals surface area contributed by atoms with Gasteiger partial charge in [-0.1, -0.05) is 19.1 Å². The smallest absolute Gasteiger partial charge is 0.338 e. The van der Waals surface area contributed by atoms with Crippen LogP contribution < -0.4 is 5.32 Å². The molecule has 3 rings (SSSR count). The summed E-state index contributed by atoms with van der Waals surface area (Å²) < 4.78 is 5.37. The van der Waals surface area contributed by atoms with Crippen LogP contribution in [0.1, 0.15) is 29.8 Å². The minimum Gasteiger partial charge on any atom is -0.449 e. The van der Waals surface area contributed by atoms with Crippen LogP contribution in [0.3, 0.4) is 0 Å². The van der Waals surface area contributed by atoms with Crippen LogP contribution in [0, 0.1) is 0 Å². The second kappa shape index (κ2) is 9.04. The Morgan fingerprint density at radius 2 is 1.90 bits per heavy atom. The first-order chi connectivity index (χ1) is 13.9. The Labute approximate surface area is 169 Å². The lowest BCUT2D eigenvalue weighted by Crippen LogP contribution is -2.51. The Morgan fingerprint density at radius 1 is 1.17 bits per heavy atom. The Kier molecular flexibility index (Phi) is 6.48. The number of piperazine rings is 1. The third-order valence-corrected chi connectivity index (χ3v) is 5.20. The fourth-order valence-corrected chi connectivity index (χ4v) is 3.42. The van der Waals surface area contributed by atoms with E-state index in [1.165, 1.54) is 0 Å². The highest BCUT2D eigenvalue weighted by Crippen LogP contribution is 2.14. The summed E-state index contributed by atoms with van der Waals surface area (Å²) in [6.45, 7) is 7.53. The molecule has 9 nitrogen and oxygen atoms in total. The molecule has 0 aliphatic carbocycles. The number of nitrogens with zero attached hydrogens (tertiary/aromatic N) is 3. The molecule has 0 spiro atoms. The highest BCUT2D eigenvalue weighted by Gasteiger charge is 2.29. The van der Waals surface area contributed by atoms with E-state index in [1.54, 1.807) is 36.1 Å². The molecule has 1 aromatic carbocycles. The molecule has 29 heavy (non-hydrogen) atoms. The number of likely N-dealkylation sites (N-methyl/N-ethyl adjacent to an activating group) is 1. The molecular formula is C20H26N4O5. The fourth-order valence-electron chi connectivity index (χ4n) is 3.42. The summed E-state index contributed by atoms with van der Waals surface area (Å²) >= 11 is 0. The van der Waals surface area contributed by atoms with Crippen molar-refractivity contribution in [3.8, 4) is 0 Å². The van der Waals surface area contributed by atoms with E-state index in [4.69, 9.17) is 4.74 Å². The van der Waals surface area contributed by atoms with Crippen molar-refractivity contribution in [2.75, 3.05) is 39.3 Å². The molecular weight excluding hydrogens is 376 g/mol. The molecule has 0 bridgehead atoms. The van der Waals surface area contributed by atoms with Crippen LogP contribution in [0.2, 0.25) is 0 Å². The summed E-state index contributed by atoms with van der Waals surface area (Å²) in [4.78, 5) is 53.5. The molecule has 2 saturated heterocycles. The van der Waals surface area contributed by atoms with Gasteiger partial charge in [0.25, 0.3) is 5.91 Å². The predicted octanol–water partition coefficient (Wildman–Crippen LogP) is 0.448. The number of benzene rings is 1. The Balaban J connectivity index is 1.58. The molecule has 1 aromatic rings. The first kappa shape index (κ1) is 20.8. The number of imide groups is 1. The first-order valence-electron chi connectivity index (χ1n) is 9.78. The van der Waals surface area contributed by atoms with Gasteiger partial charge in [-0.2, -0.15) is 0 Å². The van der Waals surface area contributed by atoms with Gasteiger partial charge in [0.1, 0.15) is 0 Å². The van der Waals surface area contributed by atoms with Crippen molar-refractivity contribution in [1.82, 2.24) is 20.0 Å². The third-order valence-electron chi connectivity index (χ3n) is 5.20. The van der Waals surface area contributed by atoms with E-state index in [0.717, 1.165) is 24.5 Å². The second-order valence-corrected chi connectivity index (χ2v) is 7.15. The maximum atomic E-state index is 12.6. The van der Waals surface area contributed by atoms with Gasteiger partial charge in [0.05, 0.1) is 18.7 Å². The molecule has 0 unspecified atom stereocenters. The third kappa shape index (κ3) is 4.92. The zero-order valence-corrected chi connectivity index (χ0v) is 16.7. The average molecular weight is 402 g/mol. The standard InChI is InChI=1S/C20H26N4O5/c1-3-22-7-9-23(10-8-22)18(26)14(2)29-19(27)16-6-4-5-15(11-16)13-24-17(25)12-21-20(24)28/h4-6,11,14H,3,7-10,12-13H2,1-2H3,(H,21,28)/t14-/m1/s1. The van der Waals surface area contributed by atoms with Crippen molar-refractivity contribution < 1.29 is 23.9 Å². The normalized spacial score (nSPS) is 18.6. The molecule has 0 aromatic heterocycles. The van der Waals surface area contributed by atoms with E-state index in [2.05, 4.69) is 17.1 Å². The molecule has 2 heterocycles. The lowest BCUT2D eigenvalue weighted by molar-refractivity contribution is -0.141. The van der Waals surface area contributed by atoms with Crippen LogP contribution >= 0.6 is 0 Å². The quantitative estimate of drug-likeness (QED) is 0.548. The van der Waals surface area contributed by atoms with Crippen molar-refractivity contribution in [2.45, 2.75) is 26.5 Å². The van der Waals surface area contributed by atoms with Crippen LogP contribution in [-0.4, -0.2) is 83.9 Å². The Morgan fingerprint density at radius 3 is 2.52 bits per heavy atom. The Bertz CT molecular complexity index is 788. The highest BCUT2D eigenvalue weighted by atomic mass is 16.5. The number of ether oxygens (including phenoxy) is 1. The molecule has 0 saturated carbocycles. The summed E-state index contributed by atoms with van der Waals surface area (Å²) in [7, 11) is 0. The van der Waals surface area contributed by atoms with E-state index in [0.29, 0.717) is 18.7 Å². The van der Waals surface area contributed by atoms with Gasteiger partial charge < -0.3 is 19.9 Å². The van der Waals surface area contributed by atoms with Crippen LogP contribution in [0.5, 0.6) is 0 Å². The van der Waals surface area contributed by atoms with Crippen molar-refractivity contribution in [2.24, 2.45) is 0 Å². The van der Waals surface area contributed by atoms with Crippen LogP contribution in [0.25, 0.3) is 0 Å². The number of hydrogen-bond acceptors (Lipinski definition) is 6. The molecule has 9 heteroatoms. The molecule has 2 fully saturated rings. The van der Waals surface area contributed by atoms with Gasteiger partial charge >= 0.3 is 12.0 Å². The lowest BCUT2D eigenvalue weighted by Gasteiger charge is -2.35. The van der Waals surface area contributed by atoms with Crippen molar-refractivity contribution in [3.05, 3.63) is 35.4 Å². The summed E-state index contributed by atoms with van der Waals surface area (Å²) in [5.74, 6) is -1.13. The maximum Gasteiger partial charge on any atom is 0.338 e. The van der Waals surface area contributed by atoms with E-state index in [1.807, 2.05) is 0 Å². The van der Waals surface area contributed by atoms with Crippen molar-refractivity contribution in [1.29, 1.82) is 0 Å². The number of amides is 4. The van der Waals surface area contributed by atoms with Gasteiger partial charge in [-0.25, -0.2) is 9.59 Å². The highest BCUT2D eigenvalue weighted by molar-refractivity contribution is 6.01. The molecule has 2 aliphatic rings. The SMILES string of the molecule is CCN1CCN(C(=O)[C@@H](C)OC(=O)c2cccc(CN3C(=O)CNC3=O)c2)CC1. The summed E-state index contributed by atoms with van der Waals surface area (Å²) in [6, 6.07) is 6.07.